The lowest BCUT2D eigenvalue weighted by molar-refractivity contribution is -0.122. The second-order valence-corrected chi connectivity index (χ2v) is 6.64. The molecular weight excluding hydrogens is 416 g/mol. The number of benzene rings is 2. The highest BCUT2D eigenvalue weighted by molar-refractivity contribution is 9.10. The molecule has 27 heavy (non-hydrogen) atoms. The lowest BCUT2D eigenvalue weighted by Crippen LogP contribution is -2.54. The van der Waals surface area contributed by atoms with Gasteiger partial charge in [0.25, 0.3) is 11.8 Å². The topological polar surface area (TPSA) is 95.9 Å². The number of carbonyl (C=O) groups excluding carboxylic acids is 3. The Hall–Kier alpha value is -3.13. The van der Waals surface area contributed by atoms with Crippen molar-refractivity contribution in [1.29, 1.82) is 0 Å². The van der Waals surface area contributed by atoms with E-state index in [-0.39, 0.29) is 22.6 Å². The fraction of sp³-hybridized carbons (Fsp3) is 0.105. The predicted octanol–water partition coefficient (Wildman–Crippen LogP) is 3.14. The summed E-state index contributed by atoms with van der Waals surface area (Å²) >= 11 is 3.36. The molecule has 0 bridgehead atoms. The van der Waals surface area contributed by atoms with Crippen molar-refractivity contribution in [3.8, 4) is 11.5 Å². The standard InChI is InChI=1S/C19H15BrN2O5/c1-10-8-12(6-7-14(10)20)22-18(25)13(17(24)21-19(22)26)9-11-4-3-5-15(27-2)16(11)23/h3-9,23H,1-2H3,(H,21,24,26)/b13-9-. The Morgan fingerprint density at radius 3 is 2.59 bits per heavy atom. The highest BCUT2D eigenvalue weighted by Crippen LogP contribution is 2.32. The first-order valence-electron chi connectivity index (χ1n) is 7.87. The molecule has 0 aromatic heterocycles. The second kappa shape index (κ2) is 7.24. The molecule has 4 amide bonds. The molecule has 1 aliphatic rings. The summed E-state index contributed by atoms with van der Waals surface area (Å²) in [4.78, 5) is 38.2. The number of halogens is 1. The molecule has 1 heterocycles. The molecule has 0 unspecified atom stereocenters. The van der Waals surface area contributed by atoms with E-state index >= 15 is 0 Å². The number of methoxy groups -OCH3 is 1. The molecule has 8 heteroatoms. The lowest BCUT2D eigenvalue weighted by Gasteiger charge is -2.26. The summed E-state index contributed by atoms with van der Waals surface area (Å²) in [5.74, 6) is -1.63. The minimum Gasteiger partial charge on any atom is -0.504 e. The number of hydrogen-bond acceptors (Lipinski definition) is 5. The molecule has 1 aliphatic heterocycles. The van der Waals surface area contributed by atoms with Crippen molar-refractivity contribution in [3.63, 3.8) is 0 Å². The fourth-order valence-electron chi connectivity index (χ4n) is 2.64. The van der Waals surface area contributed by atoms with Crippen LogP contribution in [0.25, 0.3) is 6.08 Å². The van der Waals surface area contributed by atoms with Crippen LogP contribution < -0.4 is 15.0 Å². The summed E-state index contributed by atoms with van der Waals surface area (Å²) in [5, 5.41) is 12.3. The van der Waals surface area contributed by atoms with Gasteiger partial charge in [0.2, 0.25) is 0 Å². The van der Waals surface area contributed by atoms with Gasteiger partial charge >= 0.3 is 6.03 Å². The van der Waals surface area contributed by atoms with Gasteiger partial charge in [-0.25, -0.2) is 9.69 Å². The Bertz CT molecular complexity index is 1000. The number of nitrogens with zero attached hydrogens (tertiary/aromatic N) is 1. The number of imide groups is 2. The fourth-order valence-corrected chi connectivity index (χ4v) is 2.88. The summed E-state index contributed by atoms with van der Waals surface area (Å²) in [5.41, 5.74) is 1.08. The van der Waals surface area contributed by atoms with E-state index in [2.05, 4.69) is 21.2 Å². The van der Waals surface area contributed by atoms with Crippen LogP contribution in [0.2, 0.25) is 0 Å². The summed E-state index contributed by atoms with van der Waals surface area (Å²) in [7, 11) is 1.39. The van der Waals surface area contributed by atoms with Gasteiger partial charge in [-0.15, -0.1) is 0 Å². The van der Waals surface area contributed by atoms with Crippen LogP contribution in [0.3, 0.4) is 0 Å². The van der Waals surface area contributed by atoms with Crippen LogP contribution in [0, 0.1) is 6.92 Å². The number of urea groups is 1. The van der Waals surface area contributed by atoms with E-state index < -0.39 is 17.8 Å². The van der Waals surface area contributed by atoms with Crippen molar-refractivity contribution in [2.24, 2.45) is 0 Å². The summed E-state index contributed by atoms with van der Waals surface area (Å²) in [6, 6.07) is 8.79. The van der Waals surface area contributed by atoms with Crippen molar-refractivity contribution in [2.45, 2.75) is 6.92 Å². The van der Waals surface area contributed by atoms with Crippen molar-refractivity contribution >= 4 is 45.5 Å². The van der Waals surface area contributed by atoms with Gasteiger partial charge in [0.15, 0.2) is 11.5 Å². The molecule has 0 saturated carbocycles. The molecule has 0 radical (unpaired) electrons. The maximum atomic E-state index is 12.9. The van der Waals surface area contributed by atoms with Crippen LogP contribution in [0.4, 0.5) is 10.5 Å². The van der Waals surface area contributed by atoms with E-state index in [1.807, 2.05) is 6.92 Å². The minimum atomic E-state index is -0.836. The number of phenolic OH excluding ortho intramolecular Hbond substituents is 1. The smallest absolute Gasteiger partial charge is 0.335 e. The zero-order valence-corrected chi connectivity index (χ0v) is 16.0. The zero-order valence-electron chi connectivity index (χ0n) is 14.4. The summed E-state index contributed by atoms with van der Waals surface area (Å²) < 4.78 is 5.85. The van der Waals surface area contributed by atoms with E-state index in [1.165, 1.54) is 19.3 Å². The average molecular weight is 431 g/mol. The minimum absolute atomic E-state index is 0.199. The number of amides is 4. The van der Waals surface area contributed by atoms with Crippen molar-refractivity contribution in [2.75, 3.05) is 12.0 Å². The van der Waals surface area contributed by atoms with Crippen LogP contribution in [0.1, 0.15) is 11.1 Å². The molecule has 2 N–H and O–H groups in total. The first-order valence-corrected chi connectivity index (χ1v) is 8.66. The number of rotatable bonds is 3. The molecule has 1 fully saturated rings. The maximum Gasteiger partial charge on any atom is 0.335 e. The molecule has 1 saturated heterocycles. The normalized spacial score (nSPS) is 15.9. The van der Waals surface area contributed by atoms with Gasteiger partial charge in [-0.3, -0.25) is 14.9 Å². The largest absolute Gasteiger partial charge is 0.504 e. The monoisotopic (exact) mass is 430 g/mol. The number of carbonyl (C=O) groups is 3. The summed E-state index contributed by atoms with van der Waals surface area (Å²) in [6.07, 6.45) is 1.22. The van der Waals surface area contributed by atoms with E-state index in [1.54, 1.807) is 30.3 Å². The van der Waals surface area contributed by atoms with Gasteiger partial charge in [-0.1, -0.05) is 28.1 Å². The number of barbiturate groups is 1. The van der Waals surface area contributed by atoms with Crippen molar-refractivity contribution in [1.82, 2.24) is 5.32 Å². The Kier molecular flexibility index (Phi) is 5.00. The highest BCUT2D eigenvalue weighted by atomic mass is 79.9. The van der Waals surface area contributed by atoms with Crippen LogP contribution >= 0.6 is 15.9 Å². The molecule has 7 nitrogen and oxygen atoms in total. The Morgan fingerprint density at radius 2 is 1.93 bits per heavy atom. The lowest BCUT2D eigenvalue weighted by atomic mass is 10.1. The molecule has 138 valence electrons. The van der Waals surface area contributed by atoms with E-state index in [0.717, 1.165) is 14.9 Å². The molecule has 3 rings (SSSR count). The Morgan fingerprint density at radius 1 is 1.19 bits per heavy atom. The molecule has 2 aromatic rings. The molecule has 2 aromatic carbocycles. The quantitative estimate of drug-likeness (QED) is 0.575. The third-order valence-corrected chi connectivity index (χ3v) is 4.94. The second-order valence-electron chi connectivity index (χ2n) is 5.79. The third kappa shape index (κ3) is 3.43. The van der Waals surface area contributed by atoms with Gasteiger partial charge in [0, 0.05) is 10.0 Å². The SMILES string of the molecule is COc1cccc(/C=C2/C(=O)NC(=O)N(c3ccc(Br)c(C)c3)C2=O)c1O. The van der Waals surface area contributed by atoms with Gasteiger partial charge in [0.05, 0.1) is 12.8 Å². The van der Waals surface area contributed by atoms with Gasteiger partial charge < -0.3 is 9.84 Å². The average Bonchev–Trinajstić information content (AvgIpc) is 2.62. The Balaban J connectivity index is 2.06. The first kappa shape index (κ1) is 18.7. The Labute approximate surface area is 163 Å². The van der Waals surface area contributed by atoms with Crippen LogP contribution in [0.15, 0.2) is 46.4 Å². The number of aromatic hydroxyl groups is 1. The number of anilines is 1. The number of phenols is 1. The molecule has 0 aliphatic carbocycles. The van der Waals surface area contributed by atoms with Crippen LogP contribution in [-0.2, 0) is 9.59 Å². The van der Waals surface area contributed by atoms with Gasteiger partial charge in [-0.05, 0) is 42.8 Å². The number of aryl methyl sites for hydroxylation is 1. The zero-order chi connectivity index (χ0) is 19.7. The van der Waals surface area contributed by atoms with Gasteiger partial charge in [0.1, 0.15) is 5.57 Å². The van der Waals surface area contributed by atoms with Crippen LogP contribution in [-0.4, -0.2) is 30.1 Å². The van der Waals surface area contributed by atoms with Crippen molar-refractivity contribution in [3.05, 3.63) is 57.6 Å². The number of para-hydroxylation sites is 1. The van der Waals surface area contributed by atoms with E-state index in [9.17, 15) is 19.5 Å². The number of nitrogens with one attached hydrogen (secondary N) is 1. The van der Waals surface area contributed by atoms with E-state index in [4.69, 9.17) is 4.74 Å². The molecule has 0 atom stereocenters. The molecule has 0 spiro atoms. The van der Waals surface area contributed by atoms with Crippen LogP contribution in [0.5, 0.6) is 11.5 Å². The maximum absolute atomic E-state index is 12.9. The van der Waals surface area contributed by atoms with Crippen molar-refractivity contribution < 1.29 is 24.2 Å². The highest BCUT2D eigenvalue weighted by Gasteiger charge is 2.37. The predicted molar refractivity (Wildman–Crippen MR) is 103 cm³/mol. The number of hydrogen-bond donors (Lipinski definition) is 2. The number of ether oxygens (including phenoxy) is 1. The van der Waals surface area contributed by atoms with Gasteiger partial charge in [-0.2, -0.15) is 0 Å². The van der Waals surface area contributed by atoms with E-state index in [0.29, 0.717) is 5.69 Å². The third-order valence-electron chi connectivity index (χ3n) is 4.05. The first-order chi connectivity index (χ1) is 12.8. The summed E-state index contributed by atoms with van der Waals surface area (Å²) in [6.45, 7) is 1.82. The molecular formula is C19H15BrN2O5.